The van der Waals surface area contributed by atoms with Crippen molar-refractivity contribution in [1.82, 2.24) is 10.8 Å². The molecule has 0 aromatic heterocycles. The van der Waals surface area contributed by atoms with Crippen LogP contribution >= 0.6 is 15.9 Å². The van der Waals surface area contributed by atoms with Crippen LogP contribution in [-0.2, 0) is 16.0 Å². The lowest BCUT2D eigenvalue weighted by Crippen LogP contribution is -2.48. The van der Waals surface area contributed by atoms with E-state index in [0.29, 0.717) is 0 Å². The van der Waals surface area contributed by atoms with E-state index >= 15 is 0 Å². The van der Waals surface area contributed by atoms with E-state index in [1.54, 1.807) is 26.3 Å². The first-order valence-corrected chi connectivity index (χ1v) is 7.18. The minimum Gasteiger partial charge on any atom is -0.444 e. The maximum absolute atomic E-state index is 11.7. The molecule has 0 spiro atoms. The van der Waals surface area contributed by atoms with Crippen LogP contribution in [0, 0.1) is 0 Å². The van der Waals surface area contributed by atoms with Crippen molar-refractivity contribution in [2.45, 2.75) is 38.8 Å². The Labute approximate surface area is 132 Å². The molecule has 1 unspecified atom stereocenters. The molecule has 0 bridgehead atoms. The molecule has 1 rings (SSSR count). The van der Waals surface area contributed by atoms with Crippen LogP contribution in [-0.4, -0.2) is 28.9 Å². The quantitative estimate of drug-likeness (QED) is 0.569. The molecule has 3 N–H and O–H groups in total. The lowest BCUT2D eigenvalue weighted by Gasteiger charge is -2.22. The van der Waals surface area contributed by atoms with Gasteiger partial charge in [-0.15, -0.1) is 0 Å². The summed E-state index contributed by atoms with van der Waals surface area (Å²) in [4.78, 5) is 23.4. The summed E-state index contributed by atoms with van der Waals surface area (Å²) in [6.45, 7) is 5.17. The zero-order valence-corrected chi connectivity index (χ0v) is 13.7. The first kappa shape index (κ1) is 17.5. The van der Waals surface area contributed by atoms with Crippen molar-refractivity contribution >= 4 is 27.9 Å². The number of benzene rings is 1. The van der Waals surface area contributed by atoms with E-state index in [2.05, 4.69) is 21.2 Å². The van der Waals surface area contributed by atoms with Gasteiger partial charge in [0.05, 0.1) is 0 Å². The smallest absolute Gasteiger partial charge is 0.408 e. The maximum atomic E-state index is 11.7. The number of nitrogens with one attached hydrogen (secondary N) is 2. The largest absolute Gasteiger partial charge is 0.444 e. The Bertz CT molecular complexity index is 497. The predicted molar refractivity (Wildman–Crippen MR) is 80.9 cm³/mol. The number of ether oxygens (including phenoxy) is 1. The summed E-state index contributed by atoms with van der Waals surface area (Å²) in [6, 6.07) is 6.37. The van der Waals surface area contributed by atoms with Gasteiger partial charge < -0.3 is 10.1 Å². The summed E-state index contributed by atoms with van der Waals surface area (Å²) >= 11 is 3.32. The summed E-state index contributed by atoms with van der Waals surface area (Å²) < 4.78 is 6.01. The average Bonchev–Trinajstić information content (AvgIpc) is 2.37. The molecule has 0 aliphatic rings. The van der Waals surface area contributed by atoms with Crippen LogP contribution in [0.25, 0.3) is 0 Å². The number of alkyl carbamates (subject to hydrolysis) is 1. The Kier molecular flexibility index (Phi) is 6.17. The molecule has 0 heterocycles. The monoisotopic (exact) mass is 358 g/mol. The molecule has 0 fully saturated rings. The molecule has 0 aliphatic heterocycles. The van der Waals surface area contributed by atoms with Gasteiger partial charge in [0, 0.05) is 10.9 Å². The Morgan fingerprint density at radius 3 is 2.33 bits per heavy atom. The van der Waals surface area contributed by atoms with Crippen LogP contribution in [0.2, 0.25) is 0 Å². The van der Waals surface area contributed by atoms with Gasteiger partial charge in [-0.1, -0.05) is 28.1 Å². The van der Waals surface area contributed by atoms with E-state index in [9.17, 15) is 9.59 Å². The molecule has 116 valence electrons. The first-order chi connectivity index (χ1) is 9.71. The lowest BCUT2D eigenvalue weighted by molar-refractivity contribution is -0.131. The van der Waals surface area contributed by atoms with Gasteiger partial charge in [-0.05, 0) is 38.5 Å². The fourth-order valence-corrected chi connectivity index (χ4v) is 1.86. The summed E-state index contributed by atoms with van der Waals surface area (Å²) in [5.41, 5.74) is 1.72. The molecule has 2 amide bonds. The van der Waals surface area contributed by atoms with Gasteiger partial charge in [0.2, 0.25) is 0 Å². The second-order valence-electron chi connectivity index (χ2n) is 5.51. The van der Waals surface area contributed by atoms with Crippen LogP contribution in [0.4, 0.5) is 4.79 Å². The summed E-state index contributed by atoms with van der Waals surface area (Å²) in [6.07, 6.45) is -0.480. The average molecular weight is 359 g/mol. The van der Waals surface area contributed by atoms with Crippen molar-refractivity contribution < 1.29 is 19.5 Å². The van der Waals surface area contributed by atoms with Gasteiger partial charge in [-0.3, -0.25) is 10.0 Å². The lowest BCUT2D eigenvalue weighted by atomic mass is 10.1. The molecule has 0 radical (unpaired) electrons. The zero-order chi connectivity index (χ0) is 16.0. The van der Waals surface area contributed by atoms with Gasteiger partial charge in [-0.25, -0.2) is 10.3 Å². The maximum Gasteiger partial charge on any atom is 0.408 e. The van der Waals surface area contributed by atoms with E-state index in [4.69, 9.17) is 9.94 Å². The van der Waals surface area contributed by atoms with Crippen LogP contribution in [0.5, 0.6) is 0 Å². The predicted octanol–water partition coefficient (Wildman–Crippen LogP) is 2.39. The van der Waals surface area contributed by atoms with Crippen molar-refractivity contribution in [2.24, 2.45) is 0 Å². The van der Waals surface area contributed by atoms with Crippen molar-refractivity contribution in [3.05, 3.63) is 34.3 Å². The van der Waals surface area contributed by atoms with Gasteiger partial charge in [0.25, 0.3) is 5.91 Å². The van der Waals surface area contributed by atoms with Crippen molar-refractivity contribution in [2.75, 3.05) is 0 Å². The molecule has 1 aromatic carbocycles. The topological polar surface area (TPSA) is 87.7 Å². The van der Waals surface area contributed by atoms with Crippen molar-refractivity contribution in [3.63, 3.8) is 0 Å². The second-order valence-corrected chi connectivity index (χ2v) is 6.42. The minimum atomic E-state index is -0.925. The zero-order valence-electron chi connectivity index (χ0n) is 12.1. The fourth-order valence-electron chi connectivity index (χ4n) is 1.59. The third-order valence-electron chi connectivity index (χ3n) is 2.47. The highest BCUT2D eigenvalue weighted by atomic mass is 79.9. The summed E-state index contributed by atoms with van der Waals surface area (Å²) in [7, 11) is 0. The number of hydrogen-bond acceptors (Lipinski definition) is 4. The number of hydroxylamine groups is 1. The number of rotatable bonds is 4. The third kappa shape index (κ3) is 6.59. The number of hydrogen-bond donors (Lipinski definition) is 3. The highest BCUT2D eigenvalue weighted by molar-refractivity contribution is 9.10. The Morgan fingerprint density at radius 2 is 1.86 bits per heavy atom. The van der Waals surface area contributed by atoms with Crippen molar-refractivity contribution in [3.8, 4) is 0 Å². The molecule has 0 saturated carbocycles. The van der Waals surface area contributed by atoms with Crippen LogP contribution in [0.1, 0.15) is 26.3 Å². The SMILES string of the molecule is CC(C)(C)OC(=O)NC(Cc1ccc(Br)cc1)C(=O)NO. The molecule has 1 atom stereocenters. The molecule has 7 heteroatoms. The normalized spacial score (nSPS) is 12.4. The van der Waals surface area contributed by atoms with E-state index < -0.39 is 23.6 Å². The number of amides is 2. The molecule has 0 saturated heterocycles. The van der Waals surface area contributed by atoms with Gasteiger partial charge >= 0.3 is 6.09 Å². The molecule has 0 aliphatic carbocycles. The Hall–Kier alpha value is -1.60. The molecule has 6 nitrogen and oxygen atoms in total. The van der Waals surface area contributed by atoms with Gasteiger partial charge in [-0.2, -0.15) is 0 Å². The number of carbonyl (C=O) groups is 2. The Balaban J connectivity index is 2.74. The summed E-state index contributed by atoms with van der Waals surface area (Å²) in [5.74, 6) is -0.705. The molecular formula is C14H19BrN2O4. The molecule has 1 aromatic rings. The summed E-state index contributed by atoms with van der Waals surface area (Å²) in [5, 5.41) is 11.2. The van der Waals surface area contributed by atoms with Crippen LogP contribution in [0.15, 0.2) is 28.7 Å². The van der Waals surface area contributed by atoms with E-state index in [0.717, 1.165) is 10.0 Å². The van der Waals surface area contributed by atoms with E-state index in [1.165, 1.54) is 0 Å². The Morgan fingerprint density at radius 1 is 1.29 bits per heavy atom. The standard InChI is InChI=1S/C14H19BrN2O4/c1-14(2,3)21-13(19)16-11(12(18)17-20)8-9-4-6-10(15)7-5-9/h4-7,11,20H,8H2,1-3H3,(H,16,19)(H,17,18). The third-order valence-corrected chi connectivity index (χ3v) is 3.00. The molecular weight excluding hydrogens is 340 g/mol. The van der Waals surface area contributed by atoms with E-state index in [1.807, 2.05) is 24.3 Å². The fraction of sp³-hybridized carbons (Fsp3) is 0.429. The van der Waals surface area contributed by atoms with Crippen molar-refractivity contribution in [1.29, 1.82) is 0 Å². The first-order valence-electron chi connectivity index (χ1n) is 6.39. The van der Waals surface area contributed by atoms with Crippen LogP contribution in [0.3, 0.4) is 0 Å². The van der Waals surface area contributed by atoms with Gasteiger partial charge in [0.1, 0.15) is 11.6 Å². The number of carbonyl (C=O) groups excluding carboxylic acids is 2. The minimum absolute atomic E-state index is 0.235. The highest BCUT2D eigenvalue weighted by Gasteiger charge is 2.24. The van der Waals surface area contributed by atoms with Crippen LogP contribution < -0.4 is 10.8 Å². The number of halogens is 1. The van der Waals surface area contributed by atoms with Gasteiger partial charge in [0.15, 0.2) is 0 Å². The molecule has 21 heavy (non-hydrogen) atoms. The van der Waals surface area contributed by atoms with E-state index in [-0.39, 0.29) is 6.42 Å². The second kappa shape index (κ2) is 7.42. The highest BCUT2D eigenvalue weighted by Crippen LogP contribution is 2.13.